The Balaban J connectivity index is 2.36. The largest absolute Gasteiger partial charge is 0.327 e. The Morgan fingerprint density at radius 1 is 1.58 bits per heavy atom. The third-order valence-corrected chi connectivity index (χ3v) is 2.54. The van der Waals surface area contributed by atoms with E-state index >= 15 is 0 Å². The van der Waals surface area contributed by atoms with Crippen molar-refractivity contribution < 1.29 is 0 Å². The van der Waals surface area contributed by atoms with Gasteiger partial charge in [0.1, 0.15) is 5.04 Å². The fourth-order valence-electron chi connectivity index (χ4n) is 1.38. The first-order valence-corrected chi connectivity index (χ1v) is 5.16. The van der Waals surface area contributed by atoms with E-state index in [1.807, 2.05) is 13.2 Å². The molecule has 0 bridgehead atoms. The van der Waals surface area contributed by atoms with Gasteiger partial charge in [0.25, 0.3) is 0 Å². The molecule has 0 spiro atoms. The van der Waals surface area contributed by atoms with E-state index in [0.717, 1.165) is 29.7 Å². The number of fused-ring (bicyclic) bond motifs is 1. The molecule has 0 atom stereocenters. The minimum Gasteiger partial charge on any atom is -0.327 e. The van der Waals surface area contributed by atoms with Crippen LogP contribution >= 0.6 is 11.8 Å². The van der Waals surface area contributed by atoms with Gasteiger partial charge in [0, 0.05) is 12.7 Å². The SMILES string of the molecule is CSC1=NC(C)=CN2CCN=C12. The van der Waals surface area contributed by atoms with Crippen molar-refractivity contribution >= 4 is 22.6 Å². The highest BCUT2D eigenvalue weighted by atomic mass is 32.2. The zero-order chi connectivity index (χ0) is 8.55. The van der Waals surface area contributed by atoms with E-state index in [9.17, 15) is 0 Å². The first-order chi connectivity index (χ1) is 5.81. The monoisotopic (exact) mass is 181 g/mol. The Bertz CT molecular complexity index is 291. The van der Waals surface area contributed by atoms with Gasteiger partial charge in [0.15, 0.2) is 5.84 Å². The van der Waals surface area contributed by atoms with Gasteiger partial charge in [-0.05, 0) is 13.2 Å². The van der Waals surface area contributed by atoms with Crippen LogP contribution in [0.2, 0.25) is 0 Å². The van der Waals surface area contributed by atoms with Crippen LogP contribution in [0.1, 0.15) is 6.92 Å². The first kappa shape index (κ1) is 7.86. The maximum Gasteiger partial charge on any atom is 0.160 e. The number of amidine groups is 1. The van der Waals surface area contributed by atoms with Gasteiger partial charge < -0.3 is 4.90 Å². The first-order valence-electron chi connectivity index (χ1n) is 3.94. The summed E-state index contributed by atoms with van der Waals surface area (Å²) in [4.78, 5) is 11.0. The molecular formula is C8H11N3S. The van der Waals surface area contributed by atoms with Crippen molar-refractivity contribution in [3.05, 3.63) is 11.9 Å². The average Bonchev–Trinajstić information content (AvgIpc) is 2.50. The van der Waals surface area contributed by atoms with Crippen LogP contribution in [-0.2, 0) is 0 Å². The fraction of sp³-hybridized carbons (Fsp3) is 0.500. The van der Waals surface area contributed by atoms with Crippen molar-refractivity contribution in [2.24, 2.45) is 9.98 Å². The summed E-state index contributed by atoms with van der Waals surface area (Å²) in [7, 11) is 0. The average molecular weight is 181 g/mol. The number of hydrogen-bond donors (Lipinski definition) is 0. The van der Waals surface area contributed by atoms with Crippen LogP contribution in [0.15, 0.2) is 21.9 Å². The lowest BCUT2D eigenvalue weighted by atomic mass is 10.4. The van der Waals surface area contributed by atoms with E-state index in [1.54, 1.807) is 11.8 Å². The lowest BCUT2D eigenvalue weighted by molar-refractivity contribution is 0.606. The van der Waals surface area contributed by atoms with E-state index in [-0.39, 0.29) is 0 Å². The van der Waals surface area contributed by atoms with Crippen LogP contribution in [0.3, 0.4) is 0 Å². The van der Waals surface area contributed by atoms with Gasteiger partial charge in [-0.15, -0.1) is 11.8 Å². The molecule has 12 heavy (non-hydrogen) atoms. The molecule has 0 saturated carbocycles. The van der Waals surface area contributed by atoms with E-state index < -0.39 is 0 Å². The van der Waals surface area contributed by atoms with Crippen molar-refractivity contribution in [3.8, 4) is 0 Å². The van der Waals surface area contributed by atoms with Crippen LogP contribution in [0.25, 0.3) is 0 Å². The lowest BCUT2D eigenvalue weighted by Gasteiger charge is -2.20. The molecule has 3 nitrogen and oxygen atoms in total. The molecule has 0 amide bonds. The van der Waals surface area contributed by atoms with Crippen molar-refractivity contribution in [3.63, 3.8) is 0 Å². The summed E-state index contributed by atoms with van der Waals surface area (Å²) in [5.41, 5.74) is 1.07. The Labute approximate surface area is 76.3 Å². The van der Waals surface area contributed by atoms with Gasteiger partial charge in [0.2, 0.25) is 0 Å². The summed E-state index contributed by atoms with van der Waals surface area (Å²) >= 11 is 1.66. The summed E-state index contributed by atoms with van der Waals surface area (Å²) in [6.45, 7) is 3.93. The predicted octanol–water partition coefficient (Wildman–Crippen LogP) is 1.34. The van der Waals surface area contributed by atoms with Crippen molar-refractivity contribution in [2.75, 3.05) is 19.3 Å². The zero-order valence-corrected chi connectivity index (χ0v) is 8.06. The van der Waals surface area contributed by atoms with Gasteiger partial charge in [-0.25, -0.2) is 4.99 Å². The van der Waals surface area contributed by atoms with Crippen molar-refractivity contribution in [1.82, 2.24) is 4.90 Å². The Hall–Kier alpha value is -0.770. The summed E-state index contributed by atoms with van der Waals surface area (Å²) in [5, 5.41) is 1.05. The van der Waals surface area contributed by atoms with Crippen LogP contribution in [0.4, 0.5) is 0 Å². The van der Waals surface area contributed by atoms with E-state index in [1.165, 1.54) is 0 Å². The molecule has 2 aliphatic rings. The minimum absolute atomic E-state index is 0.901. The van der Waals surface area contributed by atoms with Gasteiger partial charge in [0.05, 0.1) is 12.2 Å². The van der Waals surface area contributed by atoms with Gasteiger partial charge in [-0.1, -0.05) is 0 Å². The normalized spacial score (nSPS) is 21.5. The van der Waals surface area contributed by atoms with Crippen LogP contribution in [-0.4, -0.2) is 35.1 Å². The molecule has 0 saturated heterocycles. The molecule has 0 aromatic heterocycles. The molecule has 0 N–H and O–H groups in total. The number of rotatable bonds is 0. The maximum atomic E-state index is 4.41. The second-order valence-corrected chi connectivity index (χ2v) is 3.59. The Kier molecular flexibility index (Phi) is 1.92. The molecule has 0 aliphatic carbocycles. The van der Waals surface area contributed by atoms with E-state index in [2.05, 4.69) is 21.1 Å². The standard InChI is InChI=1S/C8H11N3S/c1-6-5-11-4-3-9-7(11)8(10-6)12-2/h5H,3-4H2,1-2H3. The molecule has 0 unspecified atom stereocenters. The highest BCUT2D eigenvalue weighted by Crippen LogP contribution is 2.18. The van der Waals surface area contributed by atoms with Crippen LogP contribution in [0, 0.1) is 0 Å². The minimum atomic E-state index is 0.901. The number of aliphatic imine (C=N–C) groups is 2. The smallest absolute Gasteiger partial charge is 0.160 e. The highest BCUT2D eigenvalue weighted by Gasteiger charge is 2.22. The second kappa shape index (κ2) is 2.94. The zero-order valence-electron chi connectivity index (χ0n) is 7.24. The molecule has 2 heterocycles. The van der Waals surface area contributed by atoms with Crippen molar-refractivity contribution in [2.45, 2.75) is 6.92 Å². The molecule has 64 valence electrons. The topological polar surface area (TPSA) is 28.0 Å². The van der Waals surface area contributed by atoms with Gasteiger partial charge in [-0.2, -0.15) is 0 Å². The van der Waals surface area contributed by atoms with Gasteiger partial charge >= 0.3 is 0 Å². The molecule has 0 aromatic rings. The van der Waals surface area contributed by atoms with E-state index in [4.69, 9.17) is 0 Å². The third kappa shape index (κ3) is 1.16. The third-order valence-electron chi connectivity index (χ3n) is 1.88. The molecule has 0 aromatic carbocycles. The fourth-order valence-corrected chi connectivity index (χ4v) is 1.98. The van der Waals surface area contributed by atoms with Crippen LogP contribution < -0.4 is 0 Å². The highest BCUT2D eigenvalue weighted by molar-refractivity contribution is 8.15. The maximum absolute atomic E-state index is 4.41. The number of hydrogen-bond acceptors (Lipinski definition) is 4. The predicted molar refractivity (Wildman–Crippen MR) is 53.7 cm³/mol. The summed E-state index contributed by atoms with van der Waals surface area (Å²) < 4.78 is 0. The molecule has 2 rings (SSSR count). The van der Waals surface area contributed by atoms with E-state index in [0.29, 0.717) is 0 Å². The molecular weight excluding hydrogens is 170 g/mol. The quantitative estimate of drug-likeness (QED) is 0.564. The molecule has 0 radical (unpaired) electrons. The van der Waals surface area contributed by atoms with Crippen LogP contribution in [0.5, 0.6) is 0 Å². The van der Waals surface area contributed by atoms with Crippen molar-refractivity contribution in [1.29, 1.82) is 0 Å². The second-order valence-electron chi connectivity index (χ2n) is 2.79. The Morgan fingerprint density at radius 3 is 3.17 bits per heavy atom. The summed E-state index contributed by atoms with van der Waals surface area (Å²) in [5.74, 6) is 1.05. The number of allylic oxidation sites excluding steroid dienone is 1. The number of thioether (sulfide) groups is 1. The number of nitrogens with zero attached hydrogens (tertiary/aromatic N) is 3. The molecule has 4 heteroatoms. The summed E-state index contributed by atoms with van der Waals surface area (Å²) in [6, 6.07) is 0. The van der Waals surface area contributed by atoms with Gasteiger partial charge in [-0.3, -0.25) is 4.99 Å². The molecule has 0 fully saturated rings. The Morgan fingerprint density at radius 2 is 2.42 bits per heavy atom. The summed E-state index contributed by atoms with van der Waals surface area (Å²) in [6.07, 6.45) is 4.10. The molecule has 2 aliphatic heterocycles. The lowest BCUT2D eigenvalue weighted by Crippen LogP contribution is -2.30.